The van der Waals surface area contributed by atoms with Crippen molar-refractivity contribution < 1.29 is 14.3 Å². The average molecular weight is 498 g/mol. The number of likely N-dealkylation sites (tertiary alicyclic amines) is 1. The Bertz CT molecular complexity index is 1270. The van der Waals surface area contributed by atoms with E-state index in [0.29, 0.717) is 41.4 Å². The molecule has 1 atom stereocenters. The molecular weight excluding hydrogens is 466 g/mol. The Morgan fingerprint density at radius 2 is 1.78 bits per heavy atom. The van der Waals surface area contributed by atoms with Crippen LogP contribution in [0.5, 0.6) is 5.75 Å². The van der Waals surface area contributed by atoms with Gasteiger partial charge in [0.2, 0.25) is 6.41 Å². The fraction of sp³-hybridized carbons (Fsp3) is 0.310. The molecule has 0 bridgehead atoms. The number of nitrogens with one attached hydrogen (secondary N) is 2. The lowest BCUT2D eigenvalue weighted by molar-refractivity contribution is -0.119. The number of carbonyl (C=O) groups is 2. The van der Waals surface area contributed by atoms with Crippen LogP contribution in [0.2, 0.25) is 0 Å². The predicted octanol–water partition coefficient (Wildman–Crippen LogP) is 3.96. The first-order valence-corrected chi connectivity index (χ1v) is 12.7. The lowest BCUT2D eigenvalue weighted by atomic mass is 9.98. The maximum Gasteiger partial charge on any atom is 0.251 e. The van der Waals surface area contributed by atoms with Gasteiger partial charge in [-0.3, -0.25) is 20.0 Å². The van der Waals surface area contributed by atoms with Gasteiger partial charge in [-0.2, -0.15) is 0 Å². The molecule has 8 nitrogen and oxygen atoms in total. The van der Waals surface area contributed by atoms with Gasteiger partial charge in [0.05, 0.1) is 17.4 Å². The molecule has 1 saturated heterocycles. The van der Waals surface area contributed by atoms with Crippen molar-refractivity contribution in [3.05, 3.63) is 89.2 Å². The van der Waals surface area contributed by atoms with Gasteiger partial charge in [0, 0.05) is 54.5 Å². The highest BCUT2D eigenvalue weighted by atomic mass is 16.5. The number of hydrogen-bond donors (Lipinski definition) is 3. The van der Waals surface area contributed by atoms with E-state index < -0.39 is 0 Å². The number of hydrogen-bond acceptors (Lipinski definition) is 6. The molecule has 2 amide bonds. The van der Waals surface area contributed by atoms with E-state index in [1.165, 1.54) is 0 Å². The van der Waals surface area contributed by atoms with E-state index in [9.17, 15) is 9.59 Å². The van der Waals surface area contributed by atoms with Crippen LogP contribution in [-0.4, -0.2) is 47.1 Å². The van der Waals surface area contributed by atoms with Crippen molar-refractivity contribution in [1.29, 1.82) is 5.41 Å². The third kappa shape index (κ3) is 5.80. The van der Waals surface area contributed by atoms with E-state index in [0.717, 1.165) is 43.5 Å². The fourth-order valence-electron chi connectivity index (χ4n) is 4.71. The molecule has 2 aliphatic rings. The molecule has 8 heteroatoms. The summed E-state index contributed by atoms with van der Waals surface area (Å²) in [6, 6.07) is 18.0. The summed E-state index contributed by atoms with van der Waals surface area (Å²) < 4.78 is 6.06. The zero-order chi connectivity index (χ0) is 25.8. The smallest absolute Gasteiger partial charge is 0.251 e. The highest BCUT2D eigenvalue weighted by Gasteiger charge is 2.34. The van der Waals surface area contributed by atoms with Crippen molar-refractivity contribution in [2.45, 2.75) is 37.8 Å². The van der Waals surface area contributed by atoms with Gasteiger partial charge in [0.25, 0.3) is 5.91 Å². The molecule has 1 unspecified atom stereocenters. The van der Waals surface area contributed by atoms with Crippen LogP contribution in [0.4, 0.5) is 5.69 Å². The first kappa shape index (κ1) is 24.5. The van der Waals surface area contributed by atoms with Gasteiger partial charge in [-0.1, -0.05) is 6.07 Å². The quantitative estimate of drug-likeness (QED) is 0.235. The molecule has 1 saturated carbocycles. The molecule has 0 radical (unpaired) electrons. The van der Waals surface area contributed by atoms with Crippen LogP contribution >= 0.6 is 0 Å². The van der Waals surface area contributed by atoms with Gasteiger partial charge in [0.1, 0.15) is 11.9 Å². The van der Waals surface area contributed by atoms with Crippen molar-refractivity contribution >= 4 is 23.7 Å². The standard InChI is InChI=1S/C29H31N5O3/c30-25-11-8-21(29(36)33-28(20-4-5-20)26-3-1-2-14-32-26)17-24(25)27(31)19-6-9-22(10-7-19)37-23-12-15-34(18-35)16-13-23/h1-3,6-11,14,17-18,20,23,28,31H,4-5,12-13,15-16,30H2,(H,33,36). The molecule has 0 spiro atoms. The van der Waals surface area contributed by atoms with Crippen LogP contribution < -0.4 is 15.8 Å². The number of piperidine rings is 1. The second-order valence-electron chi connectivity index (χ2n) is 9.70. The third-order valence-electron chi connectivity index (χ3n) is 7.04. The molecule has 37 heavy (non-hydrogen) atoms. The number of nitrogen functional groups attached to an aromatic ring is 1. The Morgan fingerprint density at radius 1 is 1.05 bits per heavy atom. The zero-order valence-corrected chi connectivity index (χ0v) is 20.6. The van der Waals surface area contributed by atoms with E-state index in [-0.39, 0.29) is 23.8 Å². The Morgan fingerprint density at radius 3 is 2.43 bits per heavy atom. The highest BCUT2D eigenvalue weighted by Crippen LogP contribution is 2.40. The lowest BCUT2D eigenvalue weighted by Crippen LogP contribution is -2.37. The normalized spacial score (nSPS) is 16.6. The minimum atomic E-state index is -0.207. The van der Waals surface area contributed by atoms with E-state index in [2.05, 4.69) is 10.3 Å². The molecule has 2 heterocycles. The number of amides is 2. The molecule has 2 fully saturated rings. The van der Waals surface area contributed by atoms with Crippen molar-refractivity contribution in [2.75, 3.05) is 18.8 Å². The van der Waals surface area contributed by atoms with Gasteiger partial charge in [-0.25, -0.2) is 0 Å². The molecular formula is C29H31N5O3. The summed E-state index contributed by atoms with van der Waals surface area (Å²) in [5.74, 6) is 0.910. The fourth-order valence-corrected chi connectivity index (χ4v) is 4.71. The lowest BCUT2D eigenvalue weighted by Gasteiger charge is -2.29. The van der Waals surface area contributed by atoms with E-state index >= 15 is 0 Å². The Balaban J connectivity index is 1.27. The number of anilines is 1. The van der Waals surface area contributed by atoms with E-state index in [4.69, 9.17) is 15.9 Å². The van der Waals surface area contributed by atoms with Gasteiger partial charge in [0.15, 0.2) is 0 Å². The Kier molecular flexibility index (Phi) is 7.16. The van der Waals surface area contributed by atoms with Crippen LogP contribution in [0.25, 0.3) is 0 Å². The van der Waals surface area contributed by atoms with Crippen molar-refractivity contribution in [1.82, 2.24) is 15.2 Å². The number of pyridine rings is 1. The number of benzene rings is 2. The summed E-state index contributed by atoms with van der Waals surface area (Å²) in [5, 5.41) is 11.9. The SMILES string of the molecule is N=C(c1ccc(OC2CCN(C=O)CC2)cc1)c1cc(C(=O)NC(c2ccccn2)C2CC2)ccc1N. The number of nitrogens with zero attached hydrogens (tertiary/aromatic N) is 2. The van der Waals surface area contributed by atoms with Crippen LogP contribution in [0.15, 0.2) is 66.9 Å². The second kappa shape index (κ2) is 10.8. The van der Waals surface area contributed by atoms with Gasteiger partial charge < -0.3 is 20.7 Å². The molecule has 5 rings (SSSR count). The molecule has 1 aliphatic heterocycles. The van der Waals surface area contributed by atoms with Gasteiger partial charge in [-0.15, -0.1) is 0 Å². The van der Waals surface area contributed by atoms with Crippen LogP contribution in [-0.2, 0) is 4.79 Å². The first-order valence-electron chi connectivity index (χ1n) is 12.7. The van der Waals surface area contributed by atoms with E-state index in [1.807, 2.05) is 42.5 Å². The van der Waals surface area contributed by atoms with E-state index in [1.54, 1.807) is 29.3 Å². The molecule has 1 aliphatic carbocycles. The predicted molar refractivity (Wildman–Crippen MR) is 142 cm³/mol. The number of nitrogens with two attached hydrogens (primary N) is 1. The van der Waals surface area contributed by atoms with Crippen LogP contribution in [0, 0.1) is 11.3 Å². The number of aromatic nitrogens is 1. The number of carbonyl (C=O) groups excluding carboxylic acids is 2. The number of ether oxygens (including phenoxy) is 1. The zero-order valence-electron chi connectivity index (χ0n) is 20.6. The largest absolute Gasteiger partial charge is 0.490 e. The van der Waals surface area contributed by atoms with Crippen molar-refractivity contribution in [3.8, 4) is 5.75 Å². The molecule has 2 aromatic carbocycles. The second-order valence-corrected chi connectivity index (χ2v) is 9.70. The van der Waals surface area contributed by atoms with Gasteiger partial charge >= 0.3 is 0 Å². The Hall–Kier alpha value is -4.20. The maximum atomic E-state index is 13.2. The van der Waals surface area contributed by atoms with Crippen LogP contribution in [0.3, 0.4) is 0 Å². The maximum absolute atomic E-state index is 13.2. The minimum Gasteiger partial charge on any atom is -0.490 e. The summed E-state index contributed by atoms with van der Waals surface area (Å²) in [7, 11) is 0. The van der Waals surface area contributed by atoms with Crippen molar-refractivity contribution in [2.24, 2.45) is 5.92 Å². The summed E-state index contributed by atoms with van der Waals surface area (Å²) in [5.41, 5.74) is 9.39. The van der Waals surface area contributed by atoms with Gasteiger partial charge in [-0.05, 0) is 73.4 Å². The Labute approximate surface area is 216 Å². The summed E-state index contributed by atoms with van der Waals surface area (Å²) in [6.07, 6.45) is 6.41. The summed E-state index contributed by atoms with van der Waals surface area (Å²) in [4.78, 5) is 30.3. The van der Waals surface area contributed by atoms with Crippen molar-refractivity contribution in [3.63, 3.8) is 0 Å². The summed E-state index contributed by atoms with van der Waals surface area (Å²) in [6.45, 7) is 1.40. The third-order valence-corrected chi connectivity index (χ3v) is 7.04. The highest BCUT2D eigenvalue weighted by molar-refractivity contribution is 6.14. The monoisotopic (exact) mass is 497 g/mol. The first-order chi connectivity index (χ1) is 18.0. The summed E-state index contributed by atoms with van der Waals surface area (Å²) >= 11 is 0. The topological polar surface area (TPSA) is 121 Å². The van der Waals surface area contributed by atoms with Crippen LogP contribution in [0.1, 0.15) is 58.9 Å². The minimum absolute atomic E-state index is 0.0675. The number of rotatable bonds is 9. The molecule has 4 N–H and O–H groups in total. The molecule has 1 aromatic heterocycles. The molecule has 190 valence electrons. The molecule has 3 aromatic rings. The average Bonchev–Trinajstić information content (AvgIpc) is 3.78.